The van der Waals surface area contributed by atoms with E-state index in [4.69, 9.17) is 23.2 Å². The predicted octanol–water partition coefficient (Wildman–Crippen LogP) is 5.45. The van der Waals surface area contributed by atoms with Crippen LogP contribution < -0.4 is 10.9 Å². The van der Waals surface area contributed by atoms with Crippen LogP contribution in [0.5, 0.6) is 0 Å². The van der Waals surface area contributed by atoms with Gasteiger partial charge >= 0.3 is 0 Å². The van der Waals surface area contributed by atoms with Gasteiger partial charge in [-0.15, -0.1) is 0 Å². The Morgan fingerprint density at radius 3 is 2.58 bits per heavy atom. The van der Waals surface area contributed by atoms with Crippen LogP contribution in [0.2, 0.25) is 10.0 Å². The second-order valence-electron chi connectivity index (χ2n) is 7.51. The highest BCUT2D eigenvalue weighted by Gasteiger charge is 2.15. The fourth-order valence-corrected chi connectivity index (χ4v) is 4.72. The molecule has 3 aromatic carbocycles. The summed E-state index contributed by atoms with van der Waals surface area (Å²) < 4.78 is 1.56. The predicted molar refractivity (Wildman–Crippen MR) is 136 cm³/mol. The van der Waals surface area contributed by atoms with E-state index in [1.165, 1.54) is 11.8 Å². The number of hydrogen-bond donors (Lipinski definition) is 1. The van der Waals surface area contributed by atoms with Crippen molar-refractivity contribution in [2.24, 2.45) is 0 Å². The van der Waals surface area contributed by atoms with E-state index in [2.05, 4.69) is 10.3 Å². The topological polar surface area (TPSA) is 64.0 Å². The summed E-state index contributed by atoms with van der Waals surface area (Å²) in [5, 5.41) is 5.05. The van der Waals surface area contributed by atoms with Crippen molar-refractivity contribution in [3.8, 4) is 5.69 Å². The highest BCUT2D eigenvalue weighted by atomic mass is 35.5. The van der Waals surface area contributed by atoms with E-state index in [0.717, 1.165) is 11.1 Å². The molecule has 0 aliphatic rings. The Bertz CT molecular complexity index is 1370. The Labute approximate surface area is 205 Å². The summed E-state index contributed by atoms with van der Waals surface area (Å²) >= 11 is 13.3. The molecule has 0 aliphatic carbocycles. The van der Waals surface area contributed by atoms with Gasteiger partial charge in [0.1, 0.15) is 0 Å². The molecule has 5 nitrogen and oxygen atoms in total. The van der Waals surface area contributed by atoms with E-state index >= 15 is 0 Å². The van der Waals surface area contributed by atoms with Crippen molar-refractivity contribution in [1.82, 2.24) is 14.9 Å². The number of halogens is 2. The average Bonchev–Trinajstić information content (AvgIpc) is 2.80. The first-order valence-corrected chi connectivity index (χ1v) is 12.1. The fraction of sp³-hybridized carbons (Fsp3) is 0.160. The van der Waals surface area contributed by atoms with Gasteiger partial charge in [0.05, 0.1) is 22.3 Å². The fourth-order valence-electron chi connectivity index (χ4n) is 3.37. The quantitative estimate of drug-likeness (QED) is 0.272. The molecular weight excluding hydrogens is 477 g/mol. The Kier molecular flexibility index (Phi) is 7.38. The van der Waals surface area contributed by atoms with Gasteiger partial charge in [-0.1, -0.05) is 70.9 Å². The van der Waals surface area contributed by atoms with E-state index in [-0.39, 0.29) is 17.2 Å². The SMILES string of the molecule is Cc1ccc(-n2c(SCC(=O)NCCc3ccc(Cl)cc3Cl)nc3ccccc3c2=O)cc1. The molecule has 168 valence electrons. The number of hydrogen-bond acceptors (Lipinski definition) is 4. The molecule has 0 fully saturated rings. The molecule has 0 bridgehead atoms. The molecular formula is C25H21Cl2N3O2S. The number of thioether (sulfide) groups is 1. The molecule has 0 spiro atoms. The van der Waals surface area contributed by atoms with Gasteiger partial charge in [0.2, 0.25) is 5.91 Å². The number of para-hydroxylation sites is 1. The molecule has 1 N–H and O–H groups in total. The first-order chi connectivity index (χ1) is 15.9. The second kappa shape index (κ2) is 10.4. The van der Waals surface area contributed by atoms with E-state index in [1.807, 2.05) is 49.4 Å². The van der Waals surface area contributed by atoms with Gasteiger partial charge < -0.3 is 5.32 Å². The third-order valence-electron chi connectivity index (χ3n) is 5.10. The Morgan fingerprint density at radius 2 is 1.82 bits per heavy atom. The van der Waals surface area contributed by atoms with Crippen LogP contribution in [0.25, 0.3) is 16.6 Å². The zero-order valence-electron chi connectivity index (χ0n) is 17.8. The van der Waals surface area contributed by atoms with Crippen LogP contribution in [0.4, 0.5) is 0 Å². The Hall–Kier alpha value is -2.80. The molecule has 1 heterocycles. The number of amides is 1. The number of carbonyl (C=O) groups is 1. The maximum atomic E-state index is 13.3. The smallest absolute Gasteiger partial charge is 0.266 e. The summed E-state index contributed by atoms with van der Waals surface area (Å²) in [7, 11) is 0. The van der Waals surface area contributed by atoms with Crippen LogP contribution in [0.1, 0.15) is 11.1 Å². The second-order valence-corrected chi connectivity index (χ2v) is 9.30. The van der Waals surface area contributed by atoms with Gasteiger partial charge in [-0.05, 0) is 55.3 Å². The molecule has 33 heavy (non-hydrogen) atoms. The lowest BCUT2D eigenvalue weighted by atomic mass is 10.1. The van der Waals surface area contributed by atoms with Crippen molar-refractivity contribution >= 4 is 51.8 Å². The molecule has 1 aromatic heterocycles. The van der Waals surface area contributed by atoms with Crippen LogP contribution in [-0.2, 0) is 11.2 Å². The van der Waals surface area contributed by atoms with Crippen molar-refractivity contribution < 1.29 is 4.79 Å². The third-order valence-corrected chi connectivity index (χ3v) is 6.63. The lowest BCUT2D eigenvalue weighted by molar-refractivity contribution is -0.118. The third kappa shape index (κ3) is 5.58. The molecule has 4 rings (SSSR count). The van der Waals surface area contributed by atoms with Gasteiger partial charge in [0, 0.05) is 16.6 Å². The van der Waals surface area contributed by atoms with Crippen molar-refractivity contribution in [3.05, 3.63) is 98.3 Å². The lowest BCUT2D eigenvalue weighted by Crippen LogP contribution is -2.28. The minimum absolute atomic E-state index is 0.130. The van der Waals surface area contributed by atoms with Crippen LogP contribution >= 0.6 is 35.0 Å². The van der Waals surface area contributed by atoms with E-state index in [1.54, 1.807) is 28.8 Å². The zero-order valence-corrected chi connectivity index (χ0v) is 20.2. The largest absolute Gasteiger partial charge is 0.355 e. The molecule has 0 atom stereocenters. The summed E-state index contributed by atoms with van der Waals surface area (Å²) in [6, 6.07) is 20.2. The first-order valence-electron chi connectivity index (χ1n) is 10.3. The minimum Gasteiger partial charge on any atom is -0.355 e. The van der Waals surface area contributed by atoms with Crippen molar-refractivity contribution in [2.75, 3.05) is 12.3 Å². The molecule has 0 aliphatic heterocycles. The number of fused-ring (bicyclic) bond motifs is 1. The minimum atomic E-state index is -0.162. The summed E-state index contributed by atoms with van der Waals surface area (Å²) in [5.41, 5.74) is 3.16. The van der Waals surface area contributed by atoms with Crippen molar-refractivity contribution in [3.63, 3.8) is 0 Å². The number of carbonyl (C=O) groups excluding carboxylic acids is 1. The van der Waals surface area contributed by atoms with Crippen molar-refractivity contribution in [2.45, 2.75) is 18.5 Å². The van der Waals surface area contributed by atoms with Gasteiger partial charge in [0.15, 0.2) is 5.16 Å². The highest BCUT2D eigenvalue weighted by molar-refractivity contribution is 7.99. The molecule has 0 unspecified atom stereocenters. The zero-order chi connectivity index (χ0) is 23.4. The Morgan fingerprint density at radius 1 is 1.06 bits per heavy atom. The van der Waals surface area contributed by atoms with E-state index in [9.17, 15) is 9.59 Å². The number of nitrogens with zero attached hydrogens (tertiary/aromatic N) is 2. The van der Waals surface area contributed by atoms with Crippen LogP contribution in [-0.4, -0.2) is 27.8 Å². The maximum Gasteiger partial charge on any atom is 0.266 e. The van der Waals surface area contributed by atoms with Crippen molar-refractivity contribution in [1.29, 1.82) is 0 Å². The number of aromatic nitrogens is 2. The average molecular weight is 498 g/mol. The number of nitrogens with one attached hydrogen (secondary N) is 1. The summed E-state index contributed by atoms with van der Waals surface area (Å²) in [6.07, 6.45) is 0.592. The van der Waals surface area contributed by atoms with Gasteiger partial charge in [0.25, 0.3) is 5.56 Å². The van der Waals surface area contributed by atoms with Crippen LogP contribution in [0.15, 0.2) is 76.7 Å². The Balaban J connectivity index is 1.50. The standard InChI is InChI=1S/C25H21Cl2N3O2S/c1-16-6-10-19(11-7-16)30-24(32)20-4-2-3-5-22(20)29-25(30)33-15-23(31)28-13-12-17-8-9-18(26)14-21(17)27/h2-11,14H,12-13,15H2,1H3,(H,28,31). The van der Waals surface area contributed by atoms with Crippen LogP contribution in [0.3, 0.4) is 0 Å². The maximum absolute atomic E-state index is 13.3. The molecule has 4 aromatic rings. The highest BCUT2D eigenvalue weighted by Crippen LogP contribution is 2.22. The molecule has 1 amide bonds. The molecule has 8 heteroatoms. The summed E-state index contributed by atoms with van der Waals surface area (Å²) in [5.74, 6) is -0.0201. The molecule has 0 saturated carbocycles. The number of aryl methyl sites for hydroxylation is 1. The monoisotopic (exact) mass is 497 g/mol. The lowest BCUT2D eigenvalue weighted by Gasteiger charge is -2.13. The summed E-state index contributed by atoms with van der Waals surface area (Å²) in [6.45, 7) is 2.43. The van der Waals surface area contributed by atoms with Crippen LogP contribution in [0, 0.1) is 6.92 Å². The molecule has 0 radical (unpaired) electrons. The summed E-state index contributed by atoms with van der Waals surface area (Å²) in [4.78, 5) is 30.4. The number of rotatable bonds is 7. The van der Waals surface area contributed by atoms with Gasteiger partial charge in [-0.3, -0.25) is 14.2 Å². The first kappa shape index (κ1) is 23.4. The molecule has 0 saturated heterocycles. The number of benzene rings is 3. The van der Waals surface area contributed by atoms with E-state index < -0.39 is 0 Å². The van der Waals surface area contributed by atoms with Gasteiger partial charge in [-0.25, -0.2) is 4.98 Å². The van der Waals surface area contributed by atoms with Gasteiger partial charge in [-0.2, -0.15) is 0 Å². The van der Waals surface area contributed by atoms with E-state index in [0.29, 0.717) is 44.8 Å². The normalized spacial score (nSPS) is 11.0.